The third-order valence-electron chi connectivity index (χ3n) is 4.13. The Bertz CT molecular complexity index is 874. The number of hydrogen-bond donors (Lipinski definition) is 1. The van der Waals surface area contributed by atoms with Gasteiger partial charge in [0.05, 0.1) is 12.8 Å². The van der Waals surface area contributed by atoms with Crippen molar-refractivity contribution in [3.63, 3.8) is 0 Å². The molecule has 3 rings (SSSR count). The van der Waals surface area contributed by atoms with E-state index in [2.05, 4.69) is 10.2 Å². The lowest BCUT2D eigenvalue weighted by Gasteiger charge is -2.35. The van der Waals surface area contributed by atoms with Gasteiger partial charge in [-0.3, -0.25) is 5.10 Å². The van der Waals surface area contributed by atoms with Crippen molar-refractivity contribution in [3.8, 4) is 0 Å². The Morgan fingerprint density at radius 2 is 1.88 bits per heavy atom. The first-order chi connectivity index (χ1) is 12.4. The molecule has 2 aromatic rings. The van der Waals surface area contributed by atoms with E-state index in [4.69, 9.17) is 4.74 Å². The highest BCUT2D eigenvalue weighted by atomic mass is 32.2. The van der Waals surface area contributed by atoms with Gasteiger partial charge in [0.25, 0.3) is 10.0 Å². The summed E-state index contributed by atoms with van der Waals surface area (Å²) >= 11 is 0. The number of sulfonamides is 1. The second kappa shape index (κ2) is 7.42. The SMILES string of the molecule is CCOC(=O)c1cn[nH]c1S(=O)(=O)N1CCN(c2ccc(F)cc2)CC1. The first-order valence-corrected chi connectivity index (χ1v) is 9.58. The minimum atomic E-state index is -3.90. The lowest BCUT2D eigenvalue weighted by Crippen LogP contribution is -2.49. The fraction of sp³-hybridized carbons (Fsp3) is 0.375. The molecule has 0 aliphatic carbocycles. The van der Waals surface area contributed by atoms with Gasteiger partial charge in [-0.2, -0.15) is 9.40 Å². The number of aromatic amines is 1. The van der Waals surface area contributed by atoms with Gasteiger partial charge >= 0.3 is 5.97 Å². The van der Waals surface area contributed by atoms with Crippen molar-refractivity contribution in [1.82, 2.24) is 14.5 Å². The van der Waals surface area contributed by atoms with Gasteiger partial charge in [0.2, 0.25) is 0 Å². The van der Waals surface area contributed by atoms with Crippen molar-refractivity contribution >= 4 is 21.7 Å². The summed E-state index contributed by atoms with van der Waals surface area (Å²) in [6.45, 7) is 3.16. The zero-order valence-electron chi connectivity index (χ0n) is 14.2. The number of ether oxygens (including phenoxy) is 1. The number of aromatic nitrogens is 2. The zero-order chi connectivity index (χ0) is 18.7. The first-order valence-electron chi connectivity index (χ1n) is 8.14. The number of hydrogen-bond acceptors (Lipinski definition) is 6. The van der Waals surface area contributed by atoms with Crippen LogP contribution >= 0.6 is 0 Å². The molecule has 1 saturated heterocycles. The topological polar surface area (TPSA) is 95.6 Å². The highest BCUT2D eigenvalue weighted by Gasteiger charge is 2.33. The maximum absolute atomic E-state index is 13.0. The summed E-state index contributed by atoms with van der Waals surface area (Å²) in [6.07, 6.45) is 1.15. The van der Waals surface area contributed by atoms with E-state index < -0.39 is 16.0 Å². The van der Waals surface area contributed by atoms with E-state index in [-0.39, 0.29) is 36.1 Å². The van der Waals surface area contributed by atoms with Gasteiger partial charge in [0, 0.05) is 31.9 Å². The lowest BCUT2D eigenvalue weighted by atomic mass is 10.2. The number of benzene rings is 1. The smallest absolute Gasteiger partial charge is 0.342 e. The van der Waals surface area contributed by atoms with Crippen molar-refractivity contribution < 1.29 is 22.3 Å². The van der Waals surface area contributed by atoms with Crippen LogP contribution in [0.4, 0.5) is 10.1 Å². The normalized spacial score (nSPS) is 15.8. The third kappa shape index (κ3) is 3.56. The predicted molar refractivity (Wildman–Crippen MR) is 91.9 cm³/mol. The summed E-state index contributed by atoms with van der Waals surface area (Å²) < 4.78 is 44.9. The maximum Gasteiger partial charge on any atom is 0.342 e. The maximum atomic E-state index is 13.0. The summed E-state index contributed by atoms with van der Waals surface area (Å²) in [5, 5.41) is 5.82. The molecule has 0 amide bonds. The second-order valence-electron chi connectivity index (χ2n) is 5.70. The average molecular weight is 382 g/mol. The molecule has 0 saturated carbocycles. The molecule has 1 aromatic heterocycles. The number of rotatable bonds is 5. The highest BCUT2D eigenvalue weighted by Crippen LogP contribution is 2.22. The van der Waals surface area contributed by atoms with Crippen molar-refractivity contribution in [1.29, 1.82) is 0 Å². The Labute approximate surface area is 150 Å². The molecule has 1 aliphatic rings. The van der Waals surface area contributed by atoms with Gasteiger partial charge in [-0.1, -0.05) is 0 Å². The van der Waals surface area contributed by atoms with Gasteiger partial charge in [-0.05, 0) is 31.2 Å². The van der Waals surface area contributed by atoms with Crippen LogP contribution in [0.15, 0.2) is 35.5 Å². The predicted octanol–water partition coefficient (Wildman–Crippen LogP) is 1.24. The third-order valence-corrected chi connectivity index (χ3v) is 6.00. The molecule has 2 heterocycles. The second-order valence-corrected chi connectivity index (χ2v) is 7.58. The quantitative estimate of drug-likeness (QED) is 0.782. The van der Waals surface area contributed by atoms with Crippen LogP contribution in [0, 0.1) is 5.82 Å². The molecular weight excluding hydrogens is 363 g/mol. The van der Waals surface area contributed by atoms with Gasteiger partial charge in [0.1, 0.15) is 11.4 Å². The Balaban J connectivity index is 1.73. The minimum Gasteiger partial charge on any atom is -0.462 e. The number of halogens is 1. The standard InChI is InChI=1S/C16H19FN4O4S/c1-2-25-16(22)14-11-18-19-15(14)26(23,24)21-9-7-20(8-10-21)13-5-3-12(17)4-6-13/h3-6,11H,2,7-10H2,1H3,(H,18,19). The van der Waals surface area contributed by atoms with Gasteiger partial charge in [-0.15, -0.1) is 0 Å². The number of nitrogens with one attached hydrogen (secondary N) is 1. The summed E-state index contributed by atoms with van der Waals surface area (Å²) in [4.78, 5) is 13.9. The monoisotopic (exact) mass is 382 g/mol. The molecule has 10 heteroatoms. The van der Waals surface area contributed by atoms with E-state index in [1.807, 2.05) is 4.90 Å². The number of carbonyl (C=O) groups excluding carboxylic acids is 1. The number of anilines is 1. The Morgan fingerprint density at radius 1 is 1.23 bits per heavy atom. The van der Waals surface area contributed by atoms with Crippen LogP contribution in [-0.4, -0.2) is 61.7 Å². The van der Waals surface area contributed by atoms with Crippen LogP contribution in [0.2, 0.25) is 0 Å². The molecule has 140 valence electrons. The number of esters is 1. The summed E-state index contributed by atoms with van der Waals surface area (Å²) in [7, 11) is -3.90. The molecule has 1 aromatic carbocycles. The number of nitrogens with zero attached hydrogens (tertiary/aromatic N) is 3. The van der Waals surface area contributed by atoms with Crippen LogP contribution < -0.4 is 4.90 Å². The zero-order valence-corrected chi connectivity index (χ0v) is 15.0. The first kappa shape index (κ1) is 18.3. The Morgan fingerprint density at radius 3 is 2.50 bits per heavy atom. The molecule has 26 heavy (non-hydrogen) atoms. The van der Waals surface area contributed by atoms with Crippen LogP contribution in [-0.2, 0) is 14.8 Å². The fourth-order valence-electron chi connectivity index (χ4n) is 2.79. The Kier molecular flexibility index (Phi) is 5.23. The summed E-state index contributed by atoms with van der Waals surface area (Å²) in [5.74, 6) is -1.05. The van der Waals surface area contributed by atoms with Gasteiger partial charge in [-0.25, -0.2) is 17.6 Å². The lowest BCUT2D eigenvalue weighted by molar-refractivity contribution is 0.0521. The molecule has 1 N–H and O–H groups in total. The van der Waals surface area contributed by atoms with Crippen LogP contribution in [0.5, 0.6) is 0 Å². The number of H-pyrrole nitrogens is 1. The van der Waals surface area contributed by atoms with E-state index in [0.29, 0.717) is 13.1 Å². The minimum absolute atomic E-state index is 0.104. The van der Waals surface area contributed by atoms with Crippen LogP contribution in [0.3, 0.4) is 0 Å². The molecule has 0 spiro atoms. The summed E-state index contributed by atoms with van der Waals surface area (Å²) in [6, 6.07) is 6.06. The molecule has 0 unspecified atom stereocenters. The van der Waals surface area contributed by atoms with E-state index in [9.17, 15) is 17.6 Å². The molecule has 0 bridgehead atoms. The molecule has 8 nitrogen and oxygen atoms in total. The largest absolute Gasteiger partial charge is 0.462 e. The molecule has 1 aliphatic heterocycles. The van der Waals surface area contributed by atoms with Crippen molar-refractivity contribution in [2.24, 2.45) is 0 Å². The molecule has 0 atom stereocenters. The molecular formula is C16H19FN4O4S. The van der Waals surface area contributed by atoms with Gasteiger partial charge < -0.3 is 9.64 Å². The number of carbonyl (C=O) groups is 1. The Hall–Kier alpha value is -2.46. The molecule has 1 fully saturated rings. The van der Waals surface area contributed by atoms with E-state index in [0.717, 1.165) is 11.9 Å². The van der Waals surface area contributed by atoms with E-state index in [1.165, 1.54) is 16.4 Å². The van der Waals surface area contributed by atoms with Crippen LogP contribution in [0.1, 0.15) is 17.3 Å². The van der Waals surface area contributed by atoms with Crippen molar-refractivity contribution in [2.75, 3.05) is 37.7 Å². The van der Waals surface area contributed by atoms with E-state index in [1.54, 1.807) is 19.1 Å². The van der Waals surface area contributed by atoms with Crippen LogP contribution in [0.25, 0.3) is 0 Å². The fourth-order valence-corrected chi connectivity index (χ4v) is 4.28. The van der Waals surface area contributed by atoms with Crippen molar-refractivity contribution in [2.45, 2.75) is 11.9 Å². The average Bonchev–Trinajstić information content (AvgIpc) is 3.13. The van der Waals surface area contributed by atoms with Crippen molar-refractivity contribution in [3.05, 3.63) is 41.8 Å². The number of piperazine rings is 1. The molecule has 0 radical (unpaired) electrons. The van der Waals surface area contributed by atoms with E-state index >= 15 is 0 Å². The van der Waals surface area contributed by atoms with Gasteiger partial charge in [0.15, 0.2) is 5.03 Å². The summed E-state index contributed by atoms with van der Waals surface area (Å²) in [5.41, 5.74) is 0.727. The highest BCUT2D eigenvalue weighted by molar-refractivity contribution is 7.89.